The van der Waals surface area contributed by atoms with Crippen molar-refractivity contribution in [2.45, 2.75) is 45.1 Å². The van der Waals surface area contributed by atoms with Crippen LogP contribution in [0.4, 0.5) is 4.79 Å². The molecule has 0 aliphatic heterocycles. The van der Waals surface area contributed by atoms with E-state index in [2.05, 4.69) is 0 Å². The van der Waals surface area contributed by atoms with Crippen LogP contribution >= 0.6 is 0 Å². The van der Waals surface area contributed by atoms with Gasteiger partial charge in [-0.1, -0.05) is 12.8 Å². The number of carbonyl (C=O) groups is 1. The minimum atomic E-state index is -1.03. The van der Waals surface area contributed by atoms with Crippen LogP contribution in [0.3, 0.4) is 0 Å². The topological polar surface area (TPSA) is 43.4 Å². The molecule has 0 saturated heterocycles. The zero-order valence-corrected chi connectivity index (χ0v) is 7.80. The third-order valence-corrected chi connectivity index (χ3v) is 2.87. The number of nitrogens with zero attached hydrogens (tertiary/aromatic N) is 1. The Morgan fingerprint density at radius 1 is 1.50 bits per heavy atom. The Bertz CT molecular complexity index is 173. The third-order valence-electron chi connectivity index (χ3n) is 2.87. The maximum atomic E-state index is 10.7. The minimum Gasteiger partial charge on any atom is -0.530 e. The second-order valence-corrected chi connectivity index (χ2v) is 3.71. The first kappa shape index (κ1) is 9.36. The molecule has 3 nitrogen and oxygen atoms in total. The van der Waals surface area contributed by atoms with Crippen LogP contribution in [-0.4, -0.2) is 23.1 Å². The molecule has 0 aromatic carbocycles. The zero-order valence-electron chi connectivity index (χ0n) is 7.80. The van der Waals surface area contributed by atoms with Crippen molar-refractivity contribution >= 4 is 6.09 Å². The standard InChI is InChI=1S/C9H17NO2/c1-3-10(8(11)12)9(2)6-4-5-7-9/h3-7H2,1-2H3,(H,11,12)/p-1. The summed E-state index contributed by atoms with van der Waals surface area (Å²) in [4.78, 5) is 12.2. The molecule has 1 amide bonds. The van der Waals surface area contributed by atoms with Crippen LogP contribution in [0, 0.1) is 0 Å². The Hall–Kier alpha value is -0.730. The van der Waals surface area contributed by atoms with E-state index in [1.54, 1.807) is 0 Å². The highest BCUT2D eigenvalue weighted by Crippen LogP contribution is 2.34. The summed E-state index contributed by atoms with van der Waals surface area (Å²) in [5.74, 6) is 0. The first-order valence-electron chi connectivity index (χ1n) is 4.59. The van der Waals surface area contributed by atoms with E-state index in [1.807, 2.05) is 13.8 Å². The largest absolute Gasteiger partial charge is 0.530 e. The molecule has 1 rings (SSSR count). The van der Waals surface area contributed by atoms with Gasteiger partial charge in [-0.05, 0) is 26.7 Å². The molecule has 0 bridgehead atoms. The van der Waals surface area contributed by atoms with Crippen molar-refractivity contribution in [3.63, 3.8) is 0 Å². The lowest BCUT2D eigenvalue weighted by molar-refractivity contribution is -0.271. The molecule has 1 aliphatic rings. The lowest BCUT2D eigenvalue weighted by Crippen LogP contribution is -2.53. The normalized spacial score (nSPS) is 20.8. The van der Waals surface area contributed by atoms with Crippen molar-refractivity contribution in [3.05, 3.63) is 0 Å². The number of hydrogen-bond acceptors (Lipinski definition) is 2. The molecule has 0 N–H and O–H groups in total. The molecule has 1 aliphatic carbocycles. The van der Waals surface area contributed by atoms with E-state index in [4.69, 9.17) is 0 Å². The van der Waals surface area contributed by atoms with Crippen molar-refractivity contribution in [1.82, 2.24) is 4.90 Å². The summed E-state index contributed by atoms with van der Waals surface area (Å²) in [6.07, 6.45) is 3.21. The minimum absolute atomic E-state index is 0.145. The van der Waals surface area contributed by atoms with Crippen molar-refractivity contribution in [2.75, 3.05) is 6.54 Å². The van der Waals surface area contributed by atoms with Crippen LogP contribution in [0.5, 0.6) is 0 Å². The SMILES string of the molecule is CCN(C(=O)[O-])C1(C)CCCC1. The van der Waals surface area contributed by atoms with Gasteiger partial charge in [-0.3, -0.25) is 0 Å². The molecule has 1 fully saturated rings. The predicted molar refractivity (Wildman–Crippen MR) is 44.6 cm³/mol. The maximum absolute atomic E-state index is 10.7. The van der Waals surface area contributed by atoms with Gasteiger partial charge in [0, 0.05) is 12.1 Å². The monoisotopic (exact) mass is 170 g/mol. The van der Waals surface area contributed by atoms with Crippen LogP contribution < -0.4 is 5.11 Å². The van der Waals surface area contributed by atoms with Gasteiger partial charge in [0.25, 0.3) is 0 Å². The van der Waals surface area contributed by atoms with E-state index >= 15 is 0 Å². The molecular weight excluding hydrogens is 154 g/mol. The molecule has 0 radical (unpaired) electrons. The highest BCUT2D eigenvalue weighted by molar-refractivity contribution is 5.63. The average Bonchev–Trinajstić information content (AvgIpc) is 2.37. The van der Waals surface area contributed by atoms with Crippen LogP contribution in [-0.2, 0) is 0 Å². The Morgan fingerprint density at radius 2 is 2.00 bits per heavy atom. The van der Waals surface area contributed by atoms with E-state index in [-0.39, 0.29) is 5.54 Å². The molecule has 0 spiro atoms. The Kier molecular flexibility index (Phi) is 2.60. The summed E-state index contributed by atoms with van der Waals surface area (Å²) in [6.45, 7) is 4.41. The Labute approximate surface area is 73.4 Å². The van der Waals surface area contributed by atoms with Crippen LogP contribution in [0.2, 0.25) is 0 Å². The second kappa shape index (κ2) is 3.33. The van der Waals surface area contributed by atoms with E-state index < -0.39 is 6.09 Å². The number of amides is 1. The van der Waals surface area contributed by atoms with Crippen LogP contribution in [0.25, 0.3) is 0 Å². The summed E-state index contributed by atoms with van der Waals surface area (Å²) >= 11 is 0. The van der Waals surface area contributed by atoms with Crippen LogP contribution in [0.1, 0.15) is 39.5 Å². The number of rotatable bonds is 2. The van der Waals surface area contributed by atoms with Crippen LogP contribution in [0.15, 0.2) is 0 Å². The number of hydrogen-bond donors (Lipinski definition) is 0. The summed E-state index contributed by atoms with van der Waals surface area (Å²) in [5.41, 5.74) is -0.145. The molecule has 3 heteroatoms. The molecule has 0 atom stereocenters. The summed E-state index contributed by atoms with van der Waals surface area (Å²) in [6, 6.07) is 0. The molecule has 1 saturated carbocycles. The van der Waals surface area contributed by atoms with Crippen molar-refractivity contribution in [3.8, 4) is 0 Å². The van der Waals surface area contributed by atoms with Gasteiger partial charge >= 0.3 is 0 Å². The third kappa shape index (κ3) is 1.54. The van der Waals surface area contributed by atoms with E-state index in [0.29, 0.717) is 6.54 Å². The van der Waals surface area contributed by atoms with Gasteiger partial charge in [0.15, 0.2) is 0 Å². The maximum Gasteiger partial charge on any atom is 0.137 e. The molecule has 0 unspecified atom stereocenters. The quantitative estimate of drug-likeness (QED) is 0.620. The number of carboxylic acid groups (broad SMARTS) is 1. The van der Waals surface area contributed by atoms with Crippen molar-refractivity contribution in [2.24, 2.45) is 0 Å². The van der Waals surface area contributed by atoms with Gasteiger partial charge in [-0.15, -0.1) is 0 Å². The summed E-state index contributed by atoms with van der Waals surface area (Å²) in [7, 11) is 0. The average molecular weight is 170 g/mol. The highest BCUT2D eigenvalue weighted by Gasteiger charge is 2.33. The fraction of sp³-hybridized carbons (Fsp3) is 0.889. The molecular formula is C9H16NO2-. The fourth-order valence-electron chi connectivity index (χ4n) is 2.14. The fourth-order valence-corrected chi connectivity index (χ4v) is 2.14. The van der Waals surface area contributed by atoms with Gasteiger partial charge in [-0.2, -0.15) is 0 Å². The number of carbonyl (C=O) groups excluding carboxylic acids is 1. The van der Waals surface area contributed by atoms with Gasteiger partial charge in [0.2, 0.25) is 0 Å². The Balaban J connectivity index is 2.69. The zero-order chi connectivity index (χ0) is 9.19. The lowest BCUT2D eigenvalue weighted by atomic mass is 9.98. The van der Waals surface area contributed by atoms with E-state index in [1.165, 1.54) is 4.90 Å². The molecule has 12 heavy (non-hydrogen) atoms. The van der Waals surface area contributed by atoms with E-state index in [9.17, 15) is 9.90 Å². The first-order chi connectivity index (χ1) is 5.60. The Morgan fingerprint density at radius 3 is 2.33 bits per heavy atom. The molecule has 70 valence electrons. The lowest BCUT2D eigenvalue weighted by Gasteiger charge is -2.39. The molecule has 0 aromatic heterocycles. The highest BCUT2D eigenvalue weighted by atomic mass is 16.4. The molecule has 0 heterocycles. The first-order valence-corrected chi connectivity index (χ1v) is 4.59. The smallest absolute Gasteiger partial charge is 0.137 e. The van der Waals surface area contributed by atoms with Crippen molar-refractivity contribution < 1.29 is 9.90 Å². The van der Waals surface area contributed by atoms with Crippen molar-refractivity contribution in [1.29, 1.82) is 0 Å². The summed E-state index contributed by atoms with van der Waals surface area (Å²) < 4.78 is 0. The molecule has 0 aromatic rings. The second-order valence-electron chi connectivity index (χ2n) is 3.71. The van der Waals surface area contributed by atoms with Gasteiger partial charge < -0.3 is 14.8 Å². The van der Waals surface area contributed by atoms with Gasteiger partial charge in [0.1, 0.15) is 6.09 Å². The van der Waals surface area contributed by atoms with Gasteiger partial charge in [-0.25, -0.2) is 0 Å². The van der Waals surface area contributed by atoms with E-state index in [0.717, 1.165) is 25.7 Å². The summed E-state index contributed by atoms with van der Waals surface area (Å²) in [5, 5.41) is 10.7. The van der Waals surface area contributed by atoms with Gasteiger partial charge in [0.05, 0.1) is 0 Å². The predicted octanol–water partition coefficient (Wildman–Crippen LogP) is 0.984.